The van der Waals surface area contributed by atoms with Crippen LogP contribution >= 0.6 is 0 Å². The molecule has 0 aliphatic rings. The summed E-state index contributed by atoms with van der Waals surface area (Å²) >= 11 is 0. The van der Waals surface area contributed by atoms with Crippen LogP contribution in [0.25, 0.3) is 0 Å². The molecule has 2 atom stereocenters. The molecule has 0 aromatic carbocycles. The van der Waals surface area contributed by atoms with Crippen LogP contribution < -0.4 is 5.32 Å². The molecule has 2 unspecified atom stereocenters. The monoisotopic (exact) mass is 666 g/mol. The Kier molecular flexibility index (Phi) is 32.0. The first-order valence-corrected chi connectivity index (χ1v) is 20.4. The summed E-state index contributed by atoms with van der Waals surface area (Å²) in [5.41, 5.74) is 0. The van der Waals surface area contributed by atoms with Gasteiger partial charge in [-0.2, -0.15) is 8.42 Å². The zero-order valence-electron chi connectivity index (χ0n) is 29.7. The second-order valence-corrected chi connectivity index (χ2v) is 14.3. The summed E-state index contributed by atoms with van der Waals surface area (Å²) in [6, 6.07) is -1.06. The van der Waals surface area contributed by atoms with Crippen molar-refractivity contribution in [3.05, 3.63) is 48.6 Å². The summed E-state index contributed by atoms with van der Waals surface area (Å²) in [6.07, 6.45) is 43.7. The van der Waals surface area contributed by atoms with Gasteiger partial charge in [-0.15, -0.1) is 0 Å². The Hall–Kier alpha value is -1.70. The molecule has 0 heterocycles. The van der Waals surface area contributed by atoms with Crippen LogP contribution in [0.2, 0.25) is 0 Å². The summed E-state index contributed by atoms with van der Waals surface area (Å²) in [4.78, 5) is 12.5. The fraction of sp³-hybridized carbons (Fsp3) is 0.769. The highest BCUT2D eigenvalue weighted by Crippen LogP contribution is 2.14. The molecule has 0 rings (SSSR count). The van der Waals surface area contributed by atoms with Crippen molar-refractivity contribution in [2.75, 3.05) is 5.75 Å². The van der Waals surface area contributed by atoms with Gasteiger partial charge in [0.15, 0.2) is 0 Å². The molecular formula is C39H71NO5S. The molecule has 46 heavy (non-hydrogen) atoms. The first-order valence-electron chi connectivity index (χ1n) is 18.8. The smallest absolute Gasteiger partial charge is 0.267 e. The highest BCUT2D eigenvalue weighted by atomic mass is 32.2. The van der Waals surface area contributed by atoms with Crippen LogP contribution in [-0.4, -0.2) is 41.9 Å². The van der Waals surface area contributed by atoms with Gasteiger partial charge in [0.1, 0.15) is 0 Å². The molecule has 0 saturated carbocycles. The normalized spacial score (nSPS) is 13.9. The molecule has 0 radical (unpaired) electrons. The maximum Gasteiger partial charge on any atom is 0.267 e. The topological polar surface area (TPSA) is 104 Å². The minimum Gasteiger partial charge on any atom is -0.387 e. The van der Waals surface area contributed by atoms with E-state index in [1.165, 1.54) is 83.5 Å². The molecule has 0 aromatic heterocycles. The number of aliphatic hydroxyl groups is 1. The number of hydrogen-bond acceptors (Lipinski definition) is 4. The summed E-state index contributed by atoms with van der Waals surface area (Å²) in [5.74, 6) is -0.994. The van der Waals surface area contributed by atoms with Gasteiger partial charge in [0.05, 0.1) is 17.9 Å². The van der Waals surface area contributed by atoms with Crippen LogP contribution in [0.1, 0.15) is 174 Å². The molecule has 3 N–H and O–H groups in total. The van der Waals surface area contributed by atoms with E-state index in [0.717, 1.165) is 70.6 Å². The van der Waals surface area contributed by atoms with Crippen molar-refractivity contribution < 1.29 is 22.9 Å². The largest absolute Gasteiger partial charge is 0.387 e. The number of allylic oxidation sites excluding steroid dienone is 7. The number of unbranched alkanes of at least 4 members (excludes halogenated alkanes) is 19. The number of aliphatic hydroxyl groups excluding tert-OH is 1. The zero-order valence-corrected chi connectivity index (χ0v) is 30.5. The maximum atomic E-state index is 12.5. The number of rotatable bonds is 33. The molecule has 6 nitrogen and oxygen atoms in total. The van der Waals surface area contributed by atoms with Gasteiger partial charge in [-0.1, -0.05) is 165 Å². The SMILES string of the molecule is CC/C=C\C/C=C\C/C=C\CCCCCCCCCC(=O)NC(CS(=O)(=O)O)C(O)/C=C/CCCCCCCCCCCCCC. The molecule has 7 heteroatoms. The molecular weight excluding hydrogens is 594 g/mol. The highest BCUT2D eigenvalue weighted by Gasteiger charge is 2.24. The summed E-state index contributed by atoms with van der Waals surface area (Å²) < 4.78 is 32.4. The number of carbonyl (C=O) groups excluding carboxylic acids is 1. The van der Waals surface area contributed by atoms with Crippen LogP contribution in [0.15, 0.2) is 48.6 Å². The third-order valence-electron chi connectivity index (χ3n) is 8.26. The number of carbonyl (C=O) groups is 1. The van der Waals surface area contributed by atoms with Gasteiger partial charge in [0.25, 0.3) is 10.1 Å². The van der Waals surface area contributed by atoms with E-state index >= 15 is 0 Å². The lowest BCUT2D eigenvalue weighted by Gasteiger charge is -2.21. The number of nitrogens with one attached hydrogen (secondary N) is 1. The summed E-state index contributed by atoms with van der Waals surface area (Å²) in [7, 11) is -4.34. The lowest BCUT2D eigenvalue weighted by molar-refractivity contribution is -0.122. The van der Waals surface area contributed by atoms with Crippen molar-refractivity contribution in [3.8, 4) is 0 Å². The second-order valence-electron chi connectivity index (χ2n) is 12.8. The minimum atomic E-state index is -4.34. The van der Waals surface area contributed by atoms with Crippen molar-refractivity contribution in [2.24, 2.45) is 0 Å². The fourth-order valence-electron chi connectivity index (χ4n) is 5.46. The Balaban J connectivity index is 3.99. The Bertz CT molecular complexity index is 909. The van der Waals surface area contributed by atoms with Gasteiger partial charge >= 0.3 is 0 Å². The standard InChI is InChI=1S/C39H71NO5S/c1-3-5-7-9-11-13-15-17-19-20-21-23-25-27-29-31-33-35-39(42)40-37(36-46(43,44)45)38(41)34-32-30-28-26-24-22-18-16-14-12-10-8-6-4-2/h5,7,11,13,17,19,32,34,37-38,41H,3-4,6,8-10,12,14-16,18,20-31,33,35-36H2,1-2H3,(H,40,42)(H,43,44,45)/b7-5-,13-11-,19-17-,34-32+. The number of amides is 1. The Morgan fingerprint density at radius 2 is 1.04 bits per heavy atom. The molecule has 268 valence electrons. The third kappa shape index (κ3) is 33.7. The van der Waals surface area contributed by atoms with Crippen molar-refractivity contribution in [1.29, 1.82) is 0 Å². The molecule has 1 amide bonds. The van der Waals surface area contributed by atoms with E-state index < -0.39 is 28.0 Å². The van der Waals surface area contributed by atoms with Crippen LogP contribution in [0, 0.1) is 0 Å². The Labute approximate surface area is 284 Å². The van der Waals surface area contributed by atoms with Crippen LogP contribution in [0.3, 0.4) is 0 Å². The maximum absolute atomic E-state index is 12.5. The fourth-order valence-corrected chi connectivity index (χ4v) is 6.20. The Morgan fingerprint density at radius 3 is 1.54 bits per heavy atom. The number of hydrogen-bond donors (Lipinski definition) is 3. The van der Waals surface area contributed by atoms with Gasteiger partial charge < -0.3 is 10.4 Å². The molecule has 0 spiro atoms. The van der Waals surface area contributed by atoms with E-state index in [2.05, 4.69) is 55.6 Å². The van der Waals surface area contributed by atoms with E-state index in [1.807, 2.05) is 6.08 Å². The van der Waals surface area contributed by atoms with E-state index in [1.54, 1.807) is 6.08 Å². The predicted octanol–water partition coefficient (Wildman–Crippen LogP) is 10.7. The zero-order chi connectivity index (χ0) is 34.0. The molecule has 0 fully saturated rings. The van der Waals surface area contributed by atoms with Crippen LogP contribution in [-0.2, 0) is 14.9 Å². The van der Waals surface area contributed by atoms with Crippen molar-refractivity contribution in [1.82, 2.24) is 5.32 Å². The highest BCUT2D eigenvalue weighted by molar-refractivity contribution is 7.85. The van der Waals surface area contributed by atoms with Crippen LogP contribution in [0.5, 0.6) is 0 Å². The Morgan fingerprint density at radius 1 is 0.609 bits per heavy atom. The van der Waals surface area contributed by atoms with Gasteiger partial charge in [-0.3, -0.25) is 9.35 Å². The lowest BCUT2D eigenvalue weighted by atomic mass is 10.0. The minimum absolute atomic E-state index is 0.283. The van der Waals surface area contributed by atoms with E-state index in [-0.39, 0.29) is 12.3 Å². The van der Waals surface area contributed by atoms with E-state index in [9.17, 15) is 22.9 Å². The first kappa shape index (κ1) is 44.3. The first-order chi connectivity index (χ1) is 22.3. The van der Waals surface area contributed by atoms with Gasteiger partial charge in [-0.25, -0.2) is 0 Å². The third-order valence-corrected chi connectivity index (χ3v) is 9.04. The predicted molar refractivity (Wildman–Crippen MR) is 198 cm³/mol. The van der Waals surface area contributed by atoms with Crippen LogP contribution in [0.4, 0.5) is 0 Å². The summed E-state index contributed by atoms with van der Waals surface area (Å²) in [5, 5.41) is 13.2. The molecule has 0 bridgehead atoms. The van der Waals surface area contributed by atoms with Crippen molar-refractivity contribution in [3.63, 3.8) is 0 Å². The van der Waals surface area contributed by atoms with Gasteiger partial charge in [-0.05, 0) is 51.4 Å². The lowest BCUT2D eigenvalue weighted by Crippen LogP contribution is -2.46. The second kappa shape index (κ2) is 33.2. The molecule has 0 aromatic rings. The van der Waals surface area contributed by atoms with E-state index in [4.69, 9.17) is 0 Å². The average Bonchev–Trinajstić information content (AvgIpc) is 3.01. The molecule has 0 aliphatic heterocycles. The quantitative estimate of drug-likeness (QED) is 0.0368. The van der Waals surface area contributed by atoms with Gasteiger partial charge in [0.2, 0.25) is 5.91 Å². The summed E-state index contributed by atoms with van der Waals surface area (Å²) in [6.45, 7) is 4.40. The average molecular weight is 666 g/mol. The molecule has 0 aliphatic carbocycles. The van der Waals surface area contributed by atoms with Crippen molar-refractivity contribution >= 4 is 16.0 Å². The molecule has 0 saturated heterocycles. The van der Waals surface area contributed by atoms with E-state index in [0.29, 0.717) is 0 Å². The van der Waals surface area contributed by atoms with Crippen molar-refractivity contribution in [2.45, 2.75) is 187 Å². The van der Waals surface area contributed by atoms with Gasteiger partial charge in [0, 0.05) is 6.42 Å².